The largest absolute Gasteiger partial charge is 0.619 e. The molecule has 0 aliphatic carbocycles. The van der Waals surface area contributed by atoms with Gasteiger partial charge in [0.25, 0.3) is 0 Å². The van der Waals surface area contributed by atoms with Crippen molar-refractivity contribution >= 4 is 46.5 Å². The van der Waals surface area contributed by atoms with E-state index in [4.69, 9.17) is 37.4 Å². The Kier molecular flexibility index (Phi) is 11.9. The number of benzene rings is 2. The van der Waals surface area contributed by atoms with E-state index in [1.807, 2.05) is 30.3 Å². The molecule has 0 saturated carbocycles. The number of piperidine rings is 3. The van der Waals surface area contributed by atoms with Crippen LogP contribution in [0.15, 0.2) is 73.1 Å². The molecule has 0 amide bonds. The van der Waals surface area contributed by atoms with Crippen LogP contribution in [-0.4, -0.2) is 56.3 Å². The highest BCUT2D eigenvalue weighted by molar-refractivity contribution is 7.13. The summed E-state index contributed by atoms with van der Waals surface area (Å²) in [6, 6.07) is 16.2. The molecule has 0 radical (unpaired) electrons. The predicted octanol–water partition coefficient (Wildman–Crippen LogP) is 6.91. The Morgan fingerprint density at radius 1 is 1.02 bits per heavy atom. The monoisotopic (exact) mass is 761 g/mol. The molecule has 3 saturated heterocycles. The zero-order valence-electron chi connectivity index (χ0n) is 27.4. The van der Waals surface area contributed by atoms with Gasteiger partial charge >= 0.3 is 18.6 Å². The third-order valence-electron chi connectivity index (χ3n) is 9.05. The summed E-state index contributed by atoms with van der Waals surface area (Å²) >= 11 is 13.9. The van der Waals surface area contributed by atoms with Crippen LogP contribution in [0.25, 0.3) is 0 Å². The maximum atomic E-state index is 13.6. The molecule has 1 unspecified atom stereocenters. The number of esters is 2. The number of alkyl halides is 2. The van der Waals surface area contributed by atoms with Gasteiger partial charge in [0, 0.05) is 30.0 Å². The van der Waals surface area contributed by atoms with E-state index in [1.165, 1.54) is 36.6 Å². The lowest BCUT2D eigenvalue weighted by atomic mass is 9.86. The number of methoxy groups -OCH3 is 1. The number of carbonyl (C=O) groups excluding carboxylic acids is 2. The molecule has 7 rings (SSSR count). The number of fused-ring (bicyclic) bond motifs is 3. The molecule has 15 heteroatoms. The minimum atomic E-state index is -3.08. The van der Waals surface area contributed by atoms with Gasteiger partial charge in [-0.05, 0) is 67.2 Å². The zero-order valence-corrected chi connectivity index (χ0v) is 29.8. The molecule has 270 valence electrons. The molecule has 3 aliphatic heterocycles. The highest BCUT2D eigenvalue weighted by Crippen LogP contribution is 2.37. The molecule has 1 N–H and O–H groups in total. The first-order valence-corrected chi connectivity index (χ1v) is 17.9. The molecule has 3 aliphatic rings. The minimum absolute atomic E-state index is 0.0130. The van der Waals surface area contributed by atoms with Crippen molar-refractivity contribution in [3.05, 3.63) is 115 Å². The third-order valence-corrected chi connectivity index (χ3v) is 10.8. The van der Waals surface area contributed by atoms with Gasteiger partial charge in [-0.25, -0.2) is 9.59 Å². The Hall–Kier alpha value is -4.01. The molecule has 10 nitrogen and oxygen atoms in total. The number of pyridine rings is 1. The van der Waals surface area contributed by atoms with Crippen LogP contribution in [0.2, 0.25) is 10.0 Å². The summed E-state index contributed by atoms with van der Waals surface area (Å²) in [7, 11) is 1.29. The Morgan fingerprint density at radius 2 is 1.75 bits per heavy atom. The summed E-state index contributed by atoms with van der Waals surface area (Å²) in [5, 5.41) is 15.3. The smallest absolute Gasteiger partial charge is 0.387 e. The molecule has 51 heavy (non-hydrogen) atoms. The molecule has 2 bridgehead atoms. The molecule has 4 aromatic rings. The normalized spacial score (nSPS) is 19.4. The van der Waals surface area contributed by atoms with Crippen LogP contribution in [0.1, 0.15) is 56.2 Å². The number of aromatic nitrogens is 1. The number of thiophene rings is 1. The van der Waals surface area contributed by atoms with E-state index in [9.17, 15) is 23.6 Å². The van der Waals surface area contributed by atoms with E-state index in [-0.39, 0.29) is 51.5 Å². The summed E-state index contributed by atoms with van der Waals surface area (Å²) in [4.78, 5) is 30.5. The first-order valence-electron chi connectivity index (χ1n) is 16.3. The Labute approximate surface area is 307 Å². The van der Waals surface area contributed by atoms with Gasteiger partial charge in [-0.2, -0.15) is 13.5 Å². The molecule has 2 aromatic carbocycles. The van der Waals surface area contributed by atoms with Gasteiger partial charge in [-0.15, -0.1) is 11.3 Å². The van der Waals surface area contributed by atoms with Gasteiger partial charge < -0.3 is 24.2 Å². The third kappa shape index (κ3) is 9.08. The number of rotatable bonds is 14. The number of hydrogen-bond acceptors (Lipinski definition) is 10. The summed E-state index contributed by atoms with van der Waals surface area (Å²) in [6.07, 6.45) is 3.06. The van der Waals surface area contributed by atoms with Crippen molar-refractivity contribution in [3.63, 3.8) is 0 Å². The summed E-state index contributed by atoms with van der Waals surface area (Å²) in [5.74, 6) is -0.874. The second-order valence-electron chi connectivity index (χ2n) is 12.3. The van der Waals surface area contributed by atoms with Crippen molar-refractivity contribution < 1.29 is 42.0 Å². The van der Waals surface area contributed by atoms with Gasteiger partial charge in [0.05, 0.1) is 7.11 Å². The van der Waals surface area contributed by atoms with E-state index < -0.39 is 24.7 Å². The van der Waals surface area contributed by atoms with E-state index in [0.717, 1.165) is 55.3 Å². The molecular weight excluding hydrogens is 727 g/mol. The SMILES string of the molecule is COc1cc([C@H](Cc2c(Cl)c[n+]([O-])cc2Cl)OC(=O)c2ccc(CNC(C(=O)O[C@H]3CN4CCC3CC4)c3ccccc3)s2)ccc1OC(F)F. The predicted molar refractivity (Wildman–Crippen MR) is 186 cm³/mol. The van der Waals surface area contributed by atoms with E-state index in [2.05, 4.69) is 15.0 Å². The van der Waals surface area contributed by atoms with Gasteiger partial charge in [0.2, 0.25) is 0 Å². The van der Waals surface area contributed by atoms with Crippen LogP contribution < -0.4 is 19.5 Å². The van der Waals surface area contributed by atoms with Gasteiger partial charge in [-0.1, -0.05) is 59.6 Å². The maximum absolute atomic E-state index is 13.6. The molecule has 3 atom stereocenters. The zero-order chi connectivity index (χ0) is 36.1. The fourth-order valence-electron chi connectivity index (χ4n) is 6.43. The standard InChI is InChI=1S/C36H35Cl2F2N3O7S/c1-47-30-15-23(7-9-28(30)50-36(39)40)29(16-25-26(37)18-43(46)19-27(25)38)48-34(44)32-10-8-24(51-32)17-41-33(22-5-3-2-4-6-22)35(45)49-31-20-42-13-11-21(31)12-14-42/h2-10,15,18-19,21,29,31,33,36,41H,11-14,16-17,20H2,1H3/t29-,31-,33?/m0/s1. The lowest BCUT2D eigenvalue weighted by molar-refractivity contribution is -0.605. The van der Waals surface area contributed by atoms with E-state index in [0.29, 0.717) is 21.8 Å². The molecular formula is C36H35Cl2F2N3O7S. The van der Waals surface area contributed by atoms with Crippen molar-refractivity contribution in [2.45, 2.75) is 50.7 Å². The van der Waals surface area contributed by atoms with Crippen molar-refractivity contribution in [3.8, 4) is 11.5 Å². The molecule has 0 spiro atoms. The van der Waals surface area contributed by atoms with Crippen LogP contribution >= 0.6 is 34.5 Å². The van der Waals surface area contributed by atoms with Crippen LogP contribution in [0.5, 0.6) is 11.5 Å². The number of hydrogen-bond donors (Lipinski definition) is 1. The topological polar surface area (TPSA) is 113 Å². The van der Waals surface area contributed by atoms with Gasteiger partial charge in [0.1, 0.15) is 33.2 Å². The van der Waals surface area contributed by atoms with Crippen molar-refractivity contribution in [1.29, 1.82) is 0 Å². The second kappa shape index (κ2) is 16.6. The highest BCUT2D eigenvalue weighted by Gasteiger charge is 2.38. The number of carbonyl (C=O) groups is 2. The summed E-state index contributed by atoms with van der Waals surface area (Å²) in [5.41, 5.74) is 1.48. The first-order chi connectivity index (χ1) is 24.6. The average Bonchev–Trinajstić information content (AvgIpc) is 3.59. The maximum Gasteiger partial charge on any atom is 0.387 e. The van der Waals surface area contributed by atoms with Crippen LogP contribution in [-0.2, 0) is 27.2 Å². The van der Waals surface area contributed by atoms with Crippen LogP contribution in [0.3, 0.4) is 0 Å². The lowest BCUT2D eigenvalue weighted by Crippen LogP contribution is -2.52. The van der Waals surface area contributed by atoms with Crippen molar-refractivity contribution in [2.75, 3.05) is 26.7 Å². The molecule has 5 heterocycles. The minimum Gasteiger partial charge on any atom is -0.619 e. The van der Waals surface area contributed by atoms with Crippen molar-refractivity contribution in [1.82, 2.24) is 10.2 Å². The Bertz CT molecular complexity index is 1820. The second-order valence-corrected chi connectivity index (χ2v) is 14.3. The number of nitrogens with zero attached hydrogens (tertiary/aromatic N) is 2. The first kappa shape index (κ1) is 36.8. The number of ether oxygens (including phenoxy) is 4. The molecule has 2 aromatic heterocycles. The van der Waals surface area contributed by atoms with Crippen molar-refractivity contribution in [2.24, 2.45) is 5.92 Å². The van der Waals surface area contributed by atoms with Gasteiger partial charge in [-0.3, -0.25) is 10.2 Å². The highest BCUT2D eigenvalue weighted by atomic mass is 35.5. The summed E-state index contributed by atoms with van der Waals surface area (Å²) < 4.78 is 48.3. The van der Waals surface area contributed by atoms with Crippen LogP contribution in [0.4, 0.5) is 8.78 Å². The molecule has 3 fully saturated rings. The van der Waals surface area contributed by atoms with Gasteiger partial charge in [0.15, 0.2) is 23.9 Å². The fraction of sp³-hybridized carbons (Fsp3) is 0.361. The number of halogens is 4. The quantitative estimate of drug-likeness (QED) is 0.0833. The number of nitrogens with one attached hydrogen (secondary N) is 1. The van der Waals surface area contributed by atoms with E-state index in [1.54, 1.807) is 12.1 Å². The van der Waals surface area contributed by atoms with Crippen LogP contribution in [0, 0.1) is 11.1 Å². The Morgan fingerprint density at radius 3 is 2.39 bits per heavy atom. The lowest BCUT2D eigenvalue weighted by Gasteiger charge is -2.44. The average molecular weight is 763 g/mol. The fourth-order valence-corrected chi connectivity index (χ4v) is 7.87. The Balaban J connectivity index is 1.18. The summed E-state index contributed by atoms with van der Waals surface area (Å²) in [6.45, 7) is 0.00464. The van der Waals surface area contributed by atoms with E-state index >= 15 is 0 Å².